The van der Waals surface area contributed by atoms with Crippen molar-refractivity contribution in [2.24, 2.45) is 0 Å². The van der Waals surface area contributed by atoms with E-state index in [-0.39, 0.29) is 11.7 Å². The number of aromatic nitrogens is 1. The van der Waals surface area contributed by atoms with Crippen LogP contribution >= 0.6 is 0 Å². The Bertz CT molecular complexity index is 884. The third kappa shape index (κ3) is 3.96. The van der Waals surface area contributed by atoms with Crippen molar-refractivity contribution >= 4 is 17.3 Å². The average molecular weight is 379 g/mol. The largest absolute Gasteiger partial charge is 0.375 e. The summed E-state index contributed by atoms with van der Waals surface area (Å²) in [5, 5.41) is 16.8. The number of hydrogen-bond acceptors (Lipinski definition) is 5. The fourth-order valence-electron chi connectivity index (χ4n) is 3.87. The second kappa shape index (κ2) is 7.78. The number of H-pyrrole nitrogens is 1. The number of ether oxygens (including phenoxy) is 2. The summed E-state index contributed by atoms with van der Waals surface area (Å²) in [5.74, 6) is 1.61. The summed E-state index contributed by atoms with van der Waals surface area (Å²) in [4.78, 5) is 3.41. The lowest BCUT2D eigenvalue weighted by molar-refractivity contribution is -0.345. The van der Waals surface area contributed by atoms with Gasteiger partial charge in [-0.3, -0.25) is 5.32 Å². The average Bonchev–Trinajstić information content (AvgIpc) is 3.20. The monoisotopic (exact) mass is 379 g/mol. The van der Waals surface area contributed by atoms with Crippen molar-refractivity contribution in [2.75, 3.05) is 23.8 Å². The van der Waals surface area contributed by atoms with E-state index in [9.17, 15) is 5.26 Å². The van der Waals surface area contributed by atoms with Crippen LogP contribution in [0.3, 0.4) is 0 Å². The Morgan fingerprint density at radius 3 is 2.75 bits per heavy atom. The maximum atomic E-state index is 9.92. The van der Waals surface area contributed by atoms with Crippen LogP contribution in [0.5, 0.6) is 0 Å². The zero-order valence-corrected chi connectivity index (χ0v) is 16.5. The first-order chi connectivity index (χ1) is 13.6. The summed E-state index contributed by atoms with van der Waals surface area (Å²) in [7, 11) is 0. The van der Waals surface area contributed by atoms with Crippen molar-refractivity contribution in [2.45, 2.75) is 51.4 Å². The highest BCUT2D eigenvalue weighted by molar-refractivity contribution is 5.66. The van der Waals surface area contributed by atoms with Gasteiger partial charge < -0.3 is 14.8 Å². The van der Waals surface area contributed by atoms with E-state index in [1.807, 2.05) is 30.3 Å². The standard InChI is InChI=1S/C22H26N4O2/c1-22(2)11-17-18(12-23)21(25-15-7-4-3-5-8-15)26-20(19(17)14-28-22)24-13-16-9-6-10-27-16/h3-5,7-8,16H,6,9-11,13-14H2,1-2H3,(H2,24,25,26)/p+1/t16-/m0/s1. The Kier molecular flexibility index (Phi) is 5.21. The highest BCUT2D eigenvalue weighted by Crippen LogP contribution is 2.35. The topological polar surface area (TPSA) is 80.5 Å². The molecule has 3 heterocycles. The molecule has 0 spiro atoms. The van der Waals surface area contributed by atoms with Crippen molar-refractivity contribution in [1.82, 2.24) is 0 Å². The van der Waals surface area contributed by atoms with Gasteiger partial charge in [0.1, 0.15) is 11.6 Å². The molecule has 146 valence electrons. The number of anilines is 3. The molecular weight excluding hydrogens is 352 g/mol. The molecule has 0 radical (unpaired) electrons. The Labute approximate surface area is 165 Å². The van der Waals surface area contributed by atoms with Crippen LogP contribution in [-0.4, -0.2) is 24.9 Å². The van der Waals surface area contributed by atoms with E-state index in [0.717, 1.165) is 48.6 Å². The Morgan fingerprint density at radius 2 is 2.04 bits per heavy atom. The molecule has 2 aliphatic rings. The zero-order chi connectivity index (χ0) is 19.6. The normalized spacial score (nSPS) is 20.2. The number of aromatic amines is 1. The molecule has 1 saturated heterocycles. The maximum absolute atomic E-state index is 9.92. The molecule has 0 aliphatic carbocycles. The number of hydrogen-bond donors (Lipinski definition) is 2. The van der Waals surface area contributed by atoms with Crippen molar-refractivity contribution in [3.05, 3.63) is 47.0 Å². The number of fused-ring (bicyclic) bond motifs is 1. The molecule has 2 aromatic rings. The third-order valence-electron chi connectivity index (χ3n) is 5.36. The molecule has 1 aromatic carbocycles. The molecule has 0 bridgehead atoms. The predicted molar refractivity (Wildman–Crippen MR) is 107 cm³/mol. The van der Waals surface area contributed by atoms with Crippen LogP contribution < -0.4 is 15.6 Å². The lowest BCUT2D eigenvalue weighted by Crippen LogP contribution is -2.36. The summed E-state index contributed by atoms with van der Waals surface area (Å²) in [6.45, 7) is 6.19. The molecule has 1 fully saturated rings. The number of nitrogens with one attached hydrogen (secondary N) is 3. The molecule has 0 unspecified atom stereocenters. The van der Waals surface area contributed by atoms with Gasteiger partial charge in [-0.15, -0.1) is 0 Å². The van der Waals surface area contributed by atoms with Crippen LogP contribution in [0, 0.1) is 11.3 Å². The first kappa shape index (κ1) is 18.7. The molecule has 2 aliphatic heterocycles. The van der Waals surface area contributed by atoms with E-state index in [1.165, 1.54) is 0 Å². The van der Waals surface area contributed by atoms with Crippen LogP contribution in [0.4, 0.5) is 17.3 Å². The van der Waals surface area contributed by atoms with E-state index in [4.69, 9.17) is 9.47 Å². The van der Waals surface area contributed by atoms with Crippen molar-refractivity contribution in [1.29, 1.82) is 5.26 Å². The molecule has 1 atom stereocenters. The molecular formula is C22H27N4O2+. The van der Waals surface area contributed by atoms with Gasteiger partial charge in [-0.2, -0.15) is 5.26 Å². The zero-order valence-electron chi connectivity index (χ0n) is 16.5. The lowest BCUT2D eigenvalue weighted by Gasteiger charge is -2.32. The smallest absolute Gasteiger partial charge is 0.242 e. The molecule has 28 heavy (non-hydrogen) atoms. The highest BCUT2D eigenvalue weighted by atomic mass is 16.5. The minimum Gasteiger partial charge on any atom is -0.375 e. The number of para-hydroxylation sites is 1. The third-order valence-corrected chi connectivity index (χ3v) is 5.36. The second-order valence-corrected chi connectivity index (χ2v) is 8.05. The van der Waals surface area contributed by atoms with Gasteiger partial charge in [-0.25, -0.2) is 4.98 Å². The minimum absolute atomic E-state index is 0.228. The second-order valence-electron chi connectivity index (χ2n) is 8.05. The van der Waals surface area contributed by atoms with E-state index in [0.29, 0.717) is 24.4 Å². The predicted octanol–water partition coefficient (Wildman–Crippen LogP) is 3.56. The number of rotatable bonds is 5. The van der Waals surface area contributed by atoms with Crippen molar-refractivity contribution < 1.29 is 14.5 Å². The molecule has 3 N–H and O–H groups in total. The molecule has 4 rings (SSSR count). The van der Waals surface area contributed by atoms with Crippen LogP contribution in [0.15, 0.2) is 30.3 Å². The van der Waals surface area contributed by atoms with E-state index in [2.05, 4.69) is 35.5 Å². The minimum atomic E-state index is -0.296. The SMILES string of the molecule is CC1(C)Cc2c(C#N)c(Nc3ccccc3)[nH+]c(NC[C@@H]3CCCO3)c2CO1. The van der Waals surface area contributed by atoms with Crippen LogP contribution in [-0.2, 0) is 22.5 Å². The molecule has 1 aromatic heterocycles. The van der Waals surface area contributed by atoms with Gasteiger partial charge in [0.15, 0.2) is 0 Å². The van der Waals surface area contributed by atoms with Crippen LogP contribution in [0.2, 0.25) is 0 Å². The molecule has 6 heteroatoms. The van der Waals surface area contributed by atoms with Gasteiger partial charge in [-0.05, 0) is 44.4 Å². The van der Waals surface area contributed by atoms with Gasteiger partial charge >= 0.3 is 0 Å². The van der Waals surface area contributed by atoms with Gasteiger partial charge in [0.25, 0.3) is 0 Å². The number of pyridine rings is 1. The van der Waals surface area contributed by atoms with E-state index >= 15 is 0 Å². The molecule has 0 amide bonds. The highest BCUT2D eigenvalue weighted by Gasteiger charge is 2.34. The fraction of sp³-hybridized carbons (Fsp3) is 0.455. The van der Waals surface area contributed by atoms with Crippen LogP contribution in [0.1, 0.15) is 43.4 Å². The van der Waals surface area contributed by atoms with E-state index < -0.39 is 0 Å². The quantitative estimate of drug-likeness (QED) is 0.830. The summed E-state index contributed by atoms with van der Waals surface area (Å²) in [6.07, 6.45) is 3.10. The summed E-state index contributed by atoms with van der Waals surface area (Å²) in [5.41, 5.74) is 3.37. The first-order valence-electron chi connectivity index (χ1n) is 9.88. The number of nitriles is 1. The van der Waals surface area contributed by atoms with Gasteiger partial charge in [0, 0.05) is 13.0 Å². The summed E-state index contributed by atoms with van der Waals surface area (Å²) < 4.78 is 11.8. The van der Waals surface area contributed by atoms with Gasteiger partial charge in [0.05, 0.1) is 36.1 Å². The fourth-order valence-corrected chi connectivity index (χ4v) is 3.87. The van der Waals surface area contributed by atoms with Crippen molar-refractivity contribution in [3.8, 4) is 6.07 Å². The van der Waals surface area contributed by atoms with Crippen LogP contribution in [0.25, 0.3) is 0 Å². The maximum Gasteiger partial charge on any atom is 0.242 e. The van der Waals surface area contributed by atoms with Crippen molar-refractivity contribution in [3.63, 3.8) is 0 Å². The molecule has 0 saturated carbocycles. The van der Waals surface area contributed by atoms with Gasteiger partial charge in [-0.1, -0.05) is 18.2 Å². The number of benzene rings is 1. The Morgan fingerprint density at radius 1 is 1.21 bits per heavy atom. The number of nitrogens with zero attached hydrogens (tertiary/aromatic N) is 1. The lowest BCUT2D eigenvalue weighted by atomic mass is 9.89. The van der Waals surface area contributed by atoms with E-state index in [1.54, 1.807) is 0 Å². The first-order valence-corrected chi connectivity index (χ1v) is 9.88. The summed E-state index contributed by atoms with van der Waals surface area (Å²) >= 11 is 0. The Balaban J connectivity index is 1.72. The van der Waals surface area contributed by atoms with Gasteiger partial charge in [0.2, 0.25) is 11.6 Å². The Hall–Kier alpha value is -2.62. The summed E-state index contributed by atoms with van der Waals surface area (Å²) in [6, 6.07) is 12.3. The molecule has 6 nitrogen and oxygen atoms in total.